The lowest BCUT2D eigenvalue weighted by molar-refractivity contribution is -0.171. The van der Waals surface area contributed by atoms with Crippen molar-refractivity contribution >= 4 is 11.8 Å². The molecule has 2 aliphatic rings. The summed E-state index contributed by atoms with van der Waals surface area (Å²) in [6.07, 6.45) is 0.946. The van der Waals surface area contributed by atoms with Gasteiger partial charge in [-0.15, -0.1) is 0 Å². The summed E-state index contributed by atoms with van der Waals surface area (Å²) in [4.78, 5) is 26.0. The van der Waals surface area contributed by atoms with E-state index in [2.05, 4.69) is 0 Å². The van der Waals surface area contributed by atoms with Crippen LogP contribution in [0.3, 0.4) is 0 Å². The summed E-state index contributed by atoms with van der Waals surface area (Å²) in [5, 5.41) is 0. The first kappa shape index (κ1) is 13.3. The van der Waals surface area contributed by atoms with E-state index in [1.165, 1.54) is 4.90 Å². The van der Waals surface area contributed by atoms with Crippen molar-refractivity contribution in [3.05, 3.63) is 35.9 Å². The van der Waals surface area contributed by atoms with Crippen LogP contribution in [0.25, 0.3) is 0 Å². The third-order valence-electron chi connectivity index (χ3n) is 4.00. The maximum absolute atomic E-state index is 12.3. The predicted octanol–water partition coefficient (Wildman–Crippen LogP) is 0.473. The zero-order chi connectivity index (χ0) is 14.1. The van der Waals surface area contributed by atoms with Crippen LogP contribution < -0.4 is 5.73 Å². The Morgan fingerprint density at radius 2 is 1.75 bits per heavy atom. The Morgan fingerprint density at radius 3 is 2.30 bits per heavy atom. The van der Waals surface area contributed by atoms with Crippen LogP contribution in [0.1, 0.15) is 18.4 Å². The summed E-state index contributed by atoms with van der Waals surface area (Å²) >= 11 is 0. The molecule has 2 bridgehead atoms. The van der Waals surface area contributed by atoms with Gasteiger partial charge in [0.05, 0.1) is 6.04 Å². The second kappa shape index (κ2) is 5.34. The van der Waals surface area contributed by atoms with Crippen molar-refractivity contribution < 1.29 is 14.3 Å². The number of rotatable bonds is 4. The van der Waals surface area contributed by atoms with E-state index in [0.717, 1.165) is 5.56 Å². The quantitative estimate of drug-likeness (QED) is 0.810. The van der Waals surface area contributed by atoms with E-state index in [4.69, 9.17) is 10.5 Å². The zero-order valence-electron chi connectivity index (χ0n) is 11.2. The first-order valence-corrected chi connectivity index (χ1v) is 6.97. The Bertz CT molecular complexity index is 495. The van der Waals surface area contributed by atoms with Crippen LogP contribution in [0.4, 0.5) is 0 Å². The Hall–Kier alpha value is -1.72. The molecule has 0 saturated carbocycles. The molecule has 2 N–H and O–H groups in total. The summed E-state index contributed by atoms with van der Waals surface area (Å²) in [6.45, 7) is 0.270. The number of ether oxygens (including phenoxy) is 1. The minimum Gasteiger partial charge on any atom is -0.355 e. The van der Waals surface area contributed by atoms with Crippen molar-refractivity contribution in [2.24, 2.45) is 5.73 Å². The largest absolute Gasteiger partial charge is 0.355 e. The molecule has 3 rings (SSSR count). The number of likely N-dealkylation sites (tertiary alicyclic amines) is 1. The Kier molecular flexibility index (Phi) is 3.54. The number of imide groups is 1. The molecule has 2 aliphatic heterocycles. The van der Waals surface area contributed by atoms with E-state index >= 15 is 0 Å². The van der Waals surface area contributed by atoms with E-state index in [-0.39, 0.29) is 24.4 Å². The number of hydrogen-bond donors (Lipinski definition) is 1. The summed E-state index contributed by atoms with van der Waals surface area (Å²) in [7, 11) is 0. The highest BCUT2D eigenvalue weighted by atomic mass is 16.5. The van der Waals surface area contributed by atoms with Gasteiger partial charge >= 0.3 is 0 Å². The molecule has 5 nitrogen and oxygen atoms in total. The SMILES string of the molecule is NCC(Cc1ccccc1)N1C(=O)C2CCC(O2)C1=O. The van der Waals surface area contributed by atoms with E-state index in [1.807, 2.05) is 30.3 Å². The van der Waals surface area contributed by atoms with Gasteiger partial charge in [-0.1, -0.05) is 30.3 Å². The fourth-order valence-corrected chi connectivity index (χ4v) is 2.95. The van der Waals surface area contributed by atoms with E-state index < -0.39 is 12.2 Å². The lowest BCUT2D eigenvalue weighted by Crippen LogP contribution is -2.58. The van der Waals surface area contributed by atoms with Gasteiger partial charge < -0.3 is 10.5 Å². The number of fused-ring (bicyclic) bond motifs is 2. The van der Waals surface area contributed by atoms with Gasteiger partial charge in [-0.3, -0.25) is 14.5 Å². The number of carbonyl (C=O) groups is 2. The predicted molar refractivity (Wildman–Crippen MR) is 72.7 cm³/mol. The van der Waals surface area contributed by atoms with Crippen LogP contribution in [0.15, 0.2) is 30.3 Å². The number of carbonyl (C=O) groups excluding carboxylic acids is 2. The van der Waals surface area contributed by atoms with Crippen LogP contribution in [0.5, 0.6) is 0 Å². The molecule has 3 atom stereocenters. The lowest BCUT2D eigenvalue weighted by Gasteiger charge is -2.35. The van der Waals surface area contributed by atoms with Crippen molar-refractivity contribution in [1.29, 1.82) is 0 Å². The first-order chi connectivity index (χ1) is 9.70. The topological polar surface area (TPSA) is 72.6 Å². The van der Waals surface area contributed by atoms with Crippen molar-refractivity contribution in [2.45, 2.75) is 37.5 Å². The van der Waals surface area contributed by atoms with Gasteiger partial charge in [-0.25, -0.2) is 0 Å². The third kappa shape index (κ3) is 2.23. The maximum Gasteiger partial charge on any atom is 0.258 e. The van der Waals surface area contributed by atoms with Gasteiger partial charge in [0.1, 0.15) is 12.2 Å². The van der Waals surface area contributed by atoms with Crippen molar-refractivity contribution in [1.82, 2.24) is 4.90 Å². The van der Waals surface area contributed by atoms with E-state index in [0.29, 0.717) is 19.3 Å². The lowest BCUT2D eigenvalue weighted by atomic mass is 10.0. The molecule has 1 aromatic carbocycles. The number of benzene rings is 1. The molecule has 2 heterocycles. The van der Waals surface area contributed by atoms with Crippen LogP contribution in [-0.4, -0.2) is 41.5 Å². The third-order valence-corrected chi connectivity index (χ3v) is 4.00. The highest BCUT2D eigenvalue weighted by molar-refractivity contribution is 6.02. The van der Waals surface area contributed by atoms with Crippen LogP contribution >= 0.6 is 0 Å². The first-order valence-electron chi connectivity index (χ1n) is 6.97. The molecule has 2 saturated heterocycles. The second-order valence-corrected chi connectivity index (χ2v) is 5.32. The average molecular weight is 274 g/mol. The number of nitrogens with zero attached hydrogens (tertiary/aromatic N) is 1. The van der Waals surface area contributed by atoms with Crippen molar-refractivity contribution in [3.63, 3.8) is 0 Å². The molecule has 0 radical (unpaired) electrons. The normalized spacial score (nSPS) is 26.9. The van der Waals surface area contributed by atoms with Gasteiger partial charge in [0.15, 0.2) is 0 Å². The molecule has 3 unspecified atom stereocenters. The van der Waals surface area contributed by atoms with Crippen molar-refractivity contribution in [2.75, 3.05) is 6.54 Å². The smallest absolute Gasteiger partial charge is 0.258 e. The van der Waals surface area contributed by atoms with Gasteiger partial charge in [-0.05, 0) is 24.8 Å². The van der Waals surface area contributed by atoms with Crippen LogP contribution in [0, 0.1) is 0 Å². The van der Waals surface area contributed by atoms with Gasteiger partial charge in [0.25, 0.3) is 11.8 Å². The number of amides is 2. The van der Waals surface area contributed by atoms with E-state index in [1.54, 1.807) is 0 Å². The second-order valence-electron chi connectivity index (χ2n) is 5.32. The molecule has 0 aliphatic carbocycles. The monoisotopic (exact) mass is 274 g/mol. The summed E-state index contributed by atoms with van der Waals surface area (Å²) < 4.78 is 5.42. The fraction of sp³-hybridized carbons (Fsp3) is 0.467. The molecular weight excluding hydrogens is 256 g/mol. The van der Waals surface area contributed by atoms with Gasteiger partial charge in [-0.2, -0.15) is 0 Å². The van der Waals surface area contributed by atoms with E-state index in [9.17, 15) is 9.59 Å². The molecule has 20 heavy (non-hydrogen) atoms. The number of nitrogens with two attached hydrogens (primary N) is 1. The highest BCUT2D eigenvalue weighted by Crippen LogP contribution is 2.30. The summed E-state index contributed by atoms with van der Waals surface area (Å²) in [5.41, 5.74) is 6.87. The molecule has 106 valence electrons. The molecular formula is C15H18N2O3. The molecule has 2 amide bonds. The molecule has 5 heteroatoms. The molecule has 1 aromatic rings. The highest BCUT2D eigenvalue weighted by Gasteiger charge is 2.48. The average Bonchev–Trinajstić information content (AvgIpc) is 2.92. The summed E-state index contributed by atoms with van der Waals surface area (Å²) in [5.74, 6) is -0.453. The Labute approximate surface area is 117 Å². The van der Waals surface area contributed by atoms with Gasteiger partial charge in [0, 0.05) is 6.54 Å². The zero-order valence-corrected chi connectivity index (χ0v) is 11.2. The minimum absolute atomic E-state index is 0.227. The molecule has 0 aromatic heterocycles. The summed E-state index contributed by atoms with van der Waals surface area (Å²) in [6, 6.07) is 9.49. The fourth-order valence-electron chi connectivity index (χ4n) is 2.95. The van der Waals surface area contributed by atoms with Gasteiger partial charge in [0.2, 0.25) is 0 Å². The molecule has 2 fully saturated rings. The maximum atomic E-state index is 12.3. The Morgan fingerprint density at radius 1 is 1.15 bits per heavy atom. The van der Waals surface area contributed by atoms with Crippen molar-refractivity contribution in [3.8, 4) is 0 Å². The Balaban J connectivity index is 1.81. The van der Waals surface area contributed by atoms with Crippen LogP contribution in [0.2, 0.25) is 0 Å². The van der Waals surface area contributed by atoms with Crippen LogP contribution in [-0.2, 0) is 20.7 Å². The molecule has 0 spiro atoms. The number of hydrogen-bond acceptors (Lipinski definition) is 4. The standard InChI is InChI=1S/C15H18N2O3/c16-9-11(8-10-4-2-1-3-5-10)17-14(18)12-6-7-13(20-12)15(17)19/h1-5,11-13H,6-9,16H2. The minimum atomic E-state index is -0.456. The number of morpholine rings is 1.